The SMILES string of the molecule is CC(C)(C)CCCC[NH-].[Ac]. The van der Waals surface area contributed by atoms with E-state index in [1.165, 1.54) is 12.8 Å². The molecule has 0 spiro atoms. The third kappa shape index (κ3) is 12.1. The minimum atomic E-state index is 0. The molecule has 0 aromatic heterocycles. The largest absolute Gasteiger partial charge is 0.677 e. The summed E-state index contributed by atoms with van der Waals surface area (Å²) >= 11 is 0. The van der Waals surface area contributed by atoms with Gasteiger partial charge >= 0.3 is 0 Å². The molecule has 0 aromatic carbocycles. The Bertz CT molecular complexity index is 66.1. The molecule has 0 aliphatic rings. The van der Waals surface area contributed by atoms with Crippen molar-refractivity contribution < 1.29 is 44.1 Å². The summed E-state index contributed by atoms with van der Waals surface area (Å²) in [6.07, 6.45) is 3.54. The second-order valence-electron chi connectivity index (χ2n) is 3.77. The summed E-state index contributed by atoms with van der Waals surface area (Å²) in [6, 6.07) is 0. The first-order valence-electron chi connectivity index (χ1n) is 3.71. The molecule has 10 heavy (non-hydrogen) atoms. The van der Waals surface area contributed by atoms with Gasteiger partial charge in [-0.25, -0.2) is 0 Å². The summed E-state index contributed by atoms with van der Waals surface area (Å²) in [5.74, 6) is 0. The first-order valence-corrected chi connectivity index (χ1v) is 3.71. The standard InChI is InChI=1S/C8H18N.Ac/c1-8(2,3)6-4-5-7-9;/h9H,4-7H2,1-3H3;/q-1;. The van der Waals surface area contributed by atoms with Gasteiger partial charge in [0.25, 0.3) is 0 Å². The van der Waals surface area contributed by atoms with Gasteiger partial charge in [0.2, 0.25) is 0 Å². The van der Waals surface area contributed by atoms with Crippen LogP contribution < -0.4 is 0 Å². The van der Waals surface area contributed by atoms with Crippen molar-refractivity contribution in [1.29, 1.82) is 0 Å². The Morgan fingerprint density at radius 2 is 1.60 bits per heavy atom. The van der Waals surface area contributed by atoms with Crippen LogP contribution in [0.4, 0.5) is 0 Å². The van der Waals surface area contributed by atoms with E-state index in [2.05, 4.69) is 20.8 Å². The molecule has 1 N–H and O–H groups in total. The molecule has 0 atom stereocenters. The van der Waals surface area contributed by atoms with Gasteiger partial charge in [-0.15, -0.1) is 0 Å². The summed E-state index contributed by atoms with van der Waals surface area (Å²) in [4.78, 5) is 0. The van der Waals surface area contributed by atoms with Crippen LogP contribution in [0, 0.1) is 49.5 Å². The van der Waals surface area contributed by atoms with Gasteiger partial charge in [-0.1, -0.05) is 33.6 Å². The van der Waals surface area contributed by atoms with Crippen molar-refractivity contribution in [1.82, 2.24) is 0 Å². The van der Waals surface area contributed by atoms with Crippen LogP contribution in [-0.2, 0) is 0 Å². The van der Waals surface area contributed by atoms with Crippen LogP contribution in [0.3, 0.4) is 0 Å². The third-order valence-electron chi connectivity index (χ3n) is 1.35. The molecular formula is C8H18AcN-. The topological polar surface area (TPSA) is 23.8 Å². The van der Waals surface area contributed by atoms with E-state index in [0.717, 1.165) is 6.42 Å². The Hall–Kier alpha value is 1.40. The van der Waals surface area contributed by atoms with Gasteiger partial charge in [0.05, 0.1) is 0 Å². The molecule has 0 saturated carbocycles. The molecule has 0 fully saturated rings. The van der Waals surface area contributed by atoms with Gasteiger partial charge in [0.15, 0.2) is 0 Å². The van der Waals surface area contributed by atoms with E-state index in [9.17, 15) is 0 Å². The molecule has 1 radical (unpaired) electrons. The maximum absolute atomic E-state index is 6.91. The quantitative estimate of drug-likeness (QED) is 0.694. The van der Waals surface area contributed by atoms with Crippen molar-refractivity contribution in [2.75, 3.05) is 6.54 Å². The molecule has 0 aliphatic heterocycles. The van der Waals surface area contributed by atoms with Crippen molar-refractivity contribution in [3.8, 4) is 0 Å². The molecule has 0 amide bonds. The van der Waals surface area contributed by atoms with Gasteiger partial charge in [-0.2, -0.15) is 6.54 Å². The summed E-state index contributed by atoms with van der Waals surface area (Å²) < 4.78 is 0. The van der Waals surface area contributed by atoms with Gasteiger partial charge in [-0.05, 0) is 11.8 Å². The number of hydrogen-bond donors (Lipinski definition) is 0. The van der Waals surface area contributed by atoms with Crippen LogP contribution in [0.5, 0.6) is 0 Å². The summed E-state index contributed by atoms with van der Waals surface area (Å²) in [6.45, 7) is 7.33. The van der Waals surface area contributed by atoms with Crippen LogP contribution in [0.1, 0.15) is 40.0 Å². The molecule has 0 unspecified atom stereocenters. The average Bonchev–Trinajstić information content (AvgIpc) is 1.63. The van der Waals surface area contributed by atoms with Crippen LogP contribution in [0.15, 0.2) is 0 Å². The Kier molecular flexibility index (Phi) is 9.87. The predicted molar refractivity (Wildman–Crippen MR) is 42.5 cm³/mol. The summed E-state index contributed by atoms with van der Waals surface area (Å²) in [5.41, 5.74) is 7.38. The van der Waals surface area contributed by atoms with Crippen molar-refractivity contribution >= 4 is 0 Å². The van der Waals surface area contributed by atoms with Crippen LogP contribution in [0.2, 0.25) is 0 Å². The van der Waals surface area contributed by atoms with Crippen molar-refractivity contribution in [3.05, 3.63) is 5.73 Å². The summed E-state index contributed by atoms with van der Waals surface area (Å²) in [7, 11) is 0. The van der Waals surface area contributed by atoms with Crippen LogP contribution in [-0.4, -0.2) is 6.54 Å². The number of unbranched alkanes of at least 4 members (excludes halogenated alkanes) is 1. The first-order chi connectivity index (χ1) is 4.06. The molecule has 1 nitrogen and oxygen atoms in total. The van der Waals surface area contributed by atoms with Crippen LogP contribution in [0.25, 0.3) is 5.73 Å². The van der Waals surface area contributed by atoms with E-state index in [4.69, 9.17) is 5.73 Å². The van der Waals surface area contributed by atoms with E-state index in [0.29, 0.717) is 12.0 Å². The molecule has 0 aliphatic carbocycles. The molecule has 0 rings (SSSR count). The van der Waals surface area contributed by atoms with E-state index in [1.807, 2.05) is 0 Å². The molecular weight excluding hydrogens is 337 g/mol. The van der Waals surface area contributed by atoms with E-state index >= 15 is 0 Å². The smallest absolute Gasteiger partial charge is 0 e. The van der Waals surface area contributed by atoms with Gasteiger partial charge in [-0.3, -0.25) is 0 Å². The first kappa shape index (κ1) is 14.0. The third-order valence-corrected chi connectivity index (χ3v) is 1.35. The maximum Gasteiger partial charge on any atom is 0 e. The predicted octanol–water partition coefficient (Wildman–Crippen LogP) is 3.26. The zero-order valence-electron chi connectivity index (χ0n) is 7.41. The fraction of sp³-hybridized carbons (Fsp3) is 1.00. The van der Waals surface area contributed by atoms with E-state index in [-0.39, 0.29) is 44.1 Å². The van der Waals surface area contributed by atoms with Crippen LogP contribution >= 0.6 is 0 Å². The minimum absolute atomic E-state index is 0. The number of nitrogens with one attached hydrogen (secondary N) is 1. The summed E-state index contributed by atoms with van der Waals surface area (Å²) in [5, 5.41) is 0. The van der Waals surface area contributed by atoms with Crippen molar-refractivity contribution in [3.63, 3.8) is 0 Å². The Morgan fingerprint density at radius 1 is 1.10 bits per heavy atom. The zero-order valence-corrected chi connectivity index (χ0v) is 12.2. The molecule has 0 aromatic rings. The van der Waals surface area contributed by atoms with E-state index in [1.54, 1.807) is 0 Å². The van der Waals surface area contributed by atoms with Crippen molar-refractivity contribution in [2.45, 2.75) is 40.0 Å². The van der Waals surface area contributed by atoms with E-state index < -0.39 is 0 Å². The number of hydrogen-bond acceptors (Lipinski definition) is 0. The maximum atomic E-state index is 6.91. The zero-order chi connectivity index (χ0) is 7.33. The van der Waals surface area contributed by atoms with Gasteiger partial charge in [0.1, 0.15) is 0 Å². The second-order valence-corrected chi connectivity index (χ2v) is 3.77. The average molecular weight is 355 g/mol. The fourth-order valence-electron chi connectivity index (χ4n) is 0.780. The Morgan fingerprint density at radius 3 is 1.90 bits per heavy atom. The monoisotopic (exact) mass is 355 g/mol. The van der Waals surface area contributed by atoms with Gasteiger partial charge < -0.3 is 5.73 Å². The number of rotatable bonds is 3. The van der Waals surface area contributed by atoms with Gasteiger partial charge in [0, 0.05) is 44.1 Å². The molecule has 59 valence electrons. The minimum Gasteiger partial charge on any atom is -0.677 e. The van der Waals surface area contributed by atoms with Crippen molar-refractivity contribution in [2.24, 2.45) is 5.41 Å². The normalized spacial score (nSPS) is 10.8. The molecule has 0 bridgehead atoms. The fourth-order valence-corrected chi connectivity index (χ4v) is 0.780. The molecule has 2 heteroatoms. The Balaban J connectivity index is 0. The molecule has 0 heterocycles. The second kappa shape index (κ2) is 7.07. The molecule has 0 saturated heterocycles. The Labute approximate surface area is 101 Å².